The summed E-state index contributed by atoms with van der Waals surface area (Å²) in [5.74, 6) is 0. The van der Waals surface area contributed by atoms with E-state index in [1.165, 1.54) is 0 Å². The number of nitrogens with two attached hydrogens (primary N) is 1. The summed E-state index contributed by atoms with van der Waals surface area (Å²) in [5.41, 5.74) is 9.07. The molecule has 0 saturated carbocycles. The topological polar surface area (TPSA) is 50.5 Å². The molecule has 0 atom stereocenters. The van der Waals surface area contributed by atoms with Gasteiger partial charge in [0.1, 0.15) is 0 Å². The number of hydrogen-bond donors (Lipinski definition) is 2. The van der Waals surface area contributed by atoms with E-state index < -0.39 is 0 Å². The largest absolute Gasteiger partial charge is 0.397 e. The van der Waals surface area contributed by atoms with Gasteiger partial charge in [0, 0.05) is 19.6 Å². The predicted molar refractivity (Wildman–Crippen MR) is 76.0 cm³/mol. The van der Waals surface area contributed by atoms with E-state index in [0.717, 1.165) is 62.8 Å². The summed E-state index contributed by atoms with van der Waals surface area (Å²) >= 11 is 0. The van der Waals surface area contributed by atoms with E-state index >= 15 is 0 Å². The lowest BCUT2D eigenvalue weighted by Crippen LogP contribution is -2.37. The highest BCUT2D eigenvalue weighted by Crippen LogP contribution is 2.21. The van der Waals surface area contributed by atoms with Gasteiger partial charge in [0.05, 0.1) is 24.6 Å². The number of morpholine rings is 1. The molecule has 0 spiro atoms. The first-order chi connectivity index (χ1) is 8.77. The van der Waals surface area contributed by atoms with Crippen molar-refractivity contribution in [3.63, 3.8) is 0 Å². The van der Waals surface area contributed by atoms with E-state index in [2.05, 4.69) is 10.2 Å². The Bertz CT molecular complexity index is 375. The number of nitrogens with zero attached hydrogens (tertiary/aromatic N) is 1. The first-order valence-corrected chi connectivity index (χ1v) is 6.66. The molecule has 4 heteroatoms. The molecule has 1 saturated heterocycles. The molecule has 1 aromatic carbocycles. The van der Waals surface area contributed by atoms with Crippen molar-refractivity contribution in [3.8, 4) is 0 Å². The Labute approximate surface area is 109 Å². The van der Waals surface area contributed by atoms with Crippen molar-refractivity contribution in [2.24, 2.45) is 0 Å². The Hall–Kier alpha value is -1.26. The van der Waals surface area contributed by atoms with Crippen LogP contribution in [0.25, 0.3) is 0 Å². The number of para-hydroxylation sites is 1. The molecule has 0 aromatic heterocycles. The minimum absolute atomic E-state index is 0.865. The number of benzene rings is 1. The molecule has 1 fully saturated rings. The number of aryl methyl sites for hydroxylation is 1. The van der Waals surface area contributed by atoms with Gasteiger partial charge in [-0.3, -0.25) is 4.90 Å². The quantitative estimate of drug-likeness (QED) is 0.616. The van der Waals surface area contributed by atoms with Crippen LogP contribution in [0.4, 0.5) is 11.4 Å². The Morgan fingerprint density at radius 1 is 1.33 bits per heavy atom. The van der Waals surface area contributed by atoms with Crippen molar-refractivity contribution < 1.29 is 4.74 Å². The summed E-state index contributed by atoms with van der Waals surface area (Å²) in [7, 11) is 0. The van der Waals surface area contributed by atoms with E-state index in [1.54, 1.807) is 0 Å². The van der Waals surface area contributed by atoms with E-state index in [0.29, 0.717) is 0 Å². The number of nitrogen functional groups attached to an aromatic ring is 1. The second-order valence-corrected chi connectivity index (χ2v) is 4.77. The van der Waals surface area contributed by atoms with Gasteiger partial charge >= 0.3 is 0 Å². The van der Waals surface area contributed by atoms with Gasteiger partial charge in [0.2, 0.25) is 0 Å². The molecule has 0 radical (unpaired) electrons. The van der Waals surface area contributed by atoms with Gasteiger partial charge in [0.25, 0.3) is 0 Å². The van der Waals surface area contributed by atoms with Crippen LogP contribution in [0.2, 0.25) is 0 Å². The highest BCUT2D eigenvalue weighted by atomic mass is 16.5. The molecule has 0 aliphatic carbocycles. The number of anilines is 2. The van der Waals surface area contributed by atoms with E-state index in [1.807, 2.05) is 25.1 Å². The summed E-state index contributed by atoms with van der Waals surface area (Å²) in [6.07, 6.45) is 1.13. The zero-order valence-electron chi connectivity index (χ0n) is 11.1. The van der Waals surface area contributed by atoms with Gasteiger partial charge in [-0.15, -0.1) is 0 Å². The standard InChI is InChI=1S/C14H23N3O/c1-12-4-2-5-13(14(12)15)16-6-3-7-17-8-10-18-11-9-17/h2,4-5,16H,3,6-11,15H2,1H3. The molecule has 18 heavy (non-hydrogen) atoms. The van der Waals surface area contributed by atoms with Gasteiger partial charge in [-0.05, 0) is 31.5 Å². The molecular weight excluding hydrogens is 226 g/mol. The number of ether oxygens (including phenoxy) is 1. The summed E-state index contributed by atoms with van der Waals surface area (Å²) < 4.78 is 5.33. The summed E-state index contributed by atoms with van der Waals surface area (Å²) in [5, 5.41) is 3.41. The maximum absolute atomic E-state index is 6.02. The van der Waals surface area contributed by atoms with Gasteiger partial charge in [0.15, 0.2) is 0 Å². The molecule has 100 valence electrons. The molecule has 0 unspecified atom stereocenters. The van der Waals surface area contributed by atoms with Crippen LogP contribution in [-0.4, -0.2) is 44.3 Å². The SMILES string of the molecule is Cc1cccc(NCCCN2CCOCC2)c1N. The molecule has 1 aliphatic heterocycles. The third-order valence-electron chi connectivity index (χ3n) is 3.39. The minimum Gasteiger partial charge on any atom is -0.397 e. The van der Waals surface area contributed by atoms with Crippen LogP contribution in [0.5, 0.6) is 0 Å². The summed E-state index contributed by atoms with van der Waals surface area (Å²) in [4.78, 5) is 2.45. The van der Waals surface area contributed by atoms with Crippen molar-refractivity contribution in [2.45, 2.75) is 13.3 Å². The zero-order valence-corrected chi connectivity index (χ0v) is 11.1. The van der Waals surface area contributed by atoms with Crippen LogP contribution in [-0.2, 0) is 4.74 Å². The number of hydrogen-bond acceptors (Lipinski definition) is 4. The maximum atomic E-state index is 6.02. The van der Waals surface area contributed by atoms with Crippen LogP contribution >= 0.6 is 0 Å². The lowest BCUT2D eigenvalue weighted by Gasteiger charge is -2.26. The third kappa shape index (κ3) is 3.62. The van der Waals surface area contributed by atoms with Gasteiger partial charge in [-0.1, -0.05) is 12.1 Å². The Kier molecular flexibility index (Phi) is 4.84. The first-order valence-electron chi connectivity index (χ1n) is 6.66. The molecular formula is C14H23N3O. The fraction of sp³-hybridized carbons (Fsp3) is 0.571. The van der Waals surface area contributed by atoms with Crippen LogP contribution in [0.1, 0.15) is 12.0 Å². The van der Waals surface area contributed by atoms with Crippen LogP contribution in [0.15, 0.2) is 18.2 Å². The Morgan fingerprint density at radius 3 is 2.89 bits per heavy atom. The lowest BCUT2D eigenvalue weighted by molar-refractivity contribution is 0.0378. The van der Waals surface area contributed by atoms with Crippen molar-refractivity contribution in [1.29, 1.82) is 0 Å². The average Bonchev–Trinajstić information content (AvgIpc) is 2.40. The number of nitrogens with one attached hydrogen (secondary N) is 1. The van der Waals surface area contributed by atoms with E-state index in [9.17, 15) is 0 Å². The highest BCUT2D eigenvalue weighted by molar-refractivity contribution is 5.69. The van der Waals surface area contributed by atoms with E-state index in [-0.39, 0.29) is 0 Å². The van der Waals surface area contributed by atoms with Crippen LogP contribution < -0.4 is 11.1 Å². The Morgan fingerprint density at radius 2 is 2.11 bits per heavy atom. The molecule has 3 N–H and O–H groups in total. The van der Waals surface area contributed by atoms with Crippen molar-refractivity contribution in [2.75, 3.05) is 50.4 Å². The molecule has 1 heterocycles. The van der Waals surface area contributed by atoms with Gasteiger partial charge in [-0.25, -0.2) is 0 Å². The second-order valence-electron chi connectivity index (χ2n) is 4.77. The van der Waals surface area contributed by atoms with Gasteiger partial charge in [-0.2, -0.15) is 0 Å². The normalized spacial score (nSPS) is 16.7. The van der Waals surface area contributed by atoms with Crippen molar-refractivity contribution >= 4 is 11.4 Å². The van der Waals surface area contributed by atoms with E-state index in [4.69, 9.17) is 10.5 Å². The van der Waals surface area contributed by atoms with Gasteiger partial charge < -0.3 is 15.8 Å². The molecule has 1 aromatic rings. The average molecular weight is 249 g/mol. The fourth-order valence-corrected chi connectivity index (χ4v) is 2.19. The zero-order chi connectivity index (χ0) is 12.8. The first kappa shape index (κ1) is 13.2. The monoisotopic (exact) mass is 249 g/mol. The second kappa shape index (κ2) is 6.61. The predicted octanol–water partition coefficient (Wildman–Crippen LogP) is 1.71. The van der Waals surface area contributed by atoms with Crippen molar-refractivity contribution in [1.82, 2.24) is 4.90 Å². The molecule has 1 aliphatic rings. The number of rotatable bonds is 5. The van der Waals surface area contributed by atoms with Crippen molar-refractivity contribution in [3.05, 3.63) is 23.8 Å². The molecule has 0 bridgehead atoms. The smallest absolute Gasteiger partial charge is 0.0594 e. The summed E-state index contributed by atoms with van der Waals surface area (Å²) in [6, 6.07) is 6.11. The molecule has 0 amide bonds. The molecule has 4 nitrogen and oxygen atoms in total. The third-order valence-corrected chi connectivity index (χ3v) is 3.39. The lowest BCUT2D eigenvalue weighted by atomic mass is 10.1. The maximum Gasteiger partial charge on any atom is 0.0594 e. The van der Waals surface area contributed by atoms with Crippen LogP contribution in [0.3, 0.4) is 0 Å². The van der Waals surface area contributed by atoms with Crippen LogP contribution in [0, 0.1) is 6.92 Å². The summed E-state index contributed by atoms with van der Waals surface area (Å²) in [6.45, 7) is 8.00. The fourth-order valence-electron chi connectivity index (χ4n) is 2.19. The molecule has 2 rings (SSSR count). The minimum atomic E-state index is 0.865. The Balaban J connectivity index is 1.70. The highest BCUT2D eigenvalue weighted by Gasteiger charge is 2.09.